The molecular weight excluding hydrogens is 222 g/mol. The van der Waals surface area contributed by atoms with Crippen LogP contribution in [0.15, 0.2) is 12.2 Å². The van der Waals surface area contributed by atoms with E-state index in [-0.39, 0.29) is 12.9 Å². The maximum absolute atomic E-state index is 11.4. The van der Waals surface area contributed by atoms with E-state index in [1.54, 1.807) is 27.7 Å². The molecule has 0 aromatic rings. The molecule has 0 bridgehead atoms. The molecule has 0 radical (unpaired) electrons. The van der Waals surface area contributed by atoms with E-state index >= 15 is 0 Å². The Morgan fingerprint density at radius 3 is 2.29 bits per heavy atom. The van der Waals surface area contributed by atoms with Crippen LogP contribution in [0.4, 0.5) is 0 Å². The van der Waals surface area contributed by atoms with Gasteiger partial charge in [-0.2, -0.15) is 0 Å². The Bertz CT molecular complexity index is 333. The molecule has 0 N–H and O–H groups in total. The maximum Gasteiger partial charge on any atom is 0.333 e. The van der Waals surface area contributed by atoms with Crippen LogP contribution in [-0.4, -0.2) is 41.8 Å². The van der Waals surface area contributed by atoms with Crippen molar-refractivity contribution >= 4 is 18.2 Å². The second-order valence-electron chi connectivity index (χ2n) is 4.37. The van der Waals surface area contributed by atoms with E-state index in [1.807, 2.05) is 0 Å². The third-order valence-electron chi connectivity index (χ3n) is 2.32. The van der Waals surface area contributed by atoms with E-state index in [9.17, 15) is 14.4 Å². The van der Waals surface area contributed by atoms with Gasteiger partial charge in [0.05, 0.1) is 5.54 Å². The number of esters is 1. The van der Waals surface area contributed by atoms with Crippen molar-refractivity contribution in [2.75, 3.05) is 13.2 Å². The lowest BCUT2D eigenvalue weighted by atomic mass is 10.0. The van der Waals surface area contributed by atoms with E-state index in [0.29, 0.717) is 12.1 Å². The number of amides is 1. The Hall–Kier alpha value is -1.65. The minimum Gasteiger partial charge on any atom is -0.460 e. The fraction of sp³-hybridized carbons (Fsp3) is 0.583. The summed E-state index contributed by atoms with van der Waals surface area (Å²) in [5.41, 5.74) is -0.428. The second kappa shape index (κ2) is 6.18. The third kappa shape index (κ3) is 4.38. The molecule has 5 heteroatoms. The molecule has 0 fully saturated rings. The fourth-order valence-electron chi connectivity index (χ4n) is 1.39. The van der Waals surface area contributed by atoms with Gasteiger partial charge in [-0.15, -0.1) is 0 Å². The number of aldehydes is 1. The van der Waals surface area contributed by atoms with Crippen molar-refractivity contribution in [1.82, 2.24) is 4.90 Å². The summed E-state index contributed by atoms with van der Waals surface area (Å²) >= 11 is 0. The lowest BCUT2D eigenvalue weighted by Gasteiger charge is -2.36. The molecule has 0 spiro atoms. The molecule has 0 unspecified atom stereocenters. The first kappa shape index (κ1) is 15.3. The first-order chi connectivity index (χ1) is 7.76. The molecule has 0 heterocycles. The molecule has 0 saturated carbocycles. The quantitative estimate of drug-likeness (QED) is 0.300. The molecule has 0 aliphatic carbocycles. The highest BCUT2D eigenvalue weighted by Gasteiger charge is 2.30. The third-order valence-corrected chi connectivity index (χ3v) is 2.32. The average molecular weight is 241 g/mol. The van der Waals surface area contributed by atoms with E-state index in [4.69, 9.17) is 4.74 Å². The zero-order valence-corrected chi connectivity index (χ0v) is 10.8. The van der Waals surface area contributed by atoms with Crippen molar-refractivity contribution in [2.24, 2.45) is 0 Å². The van der Waals surface area contributed by atoms with Crippen LogP contribution in [-0.2, 0) is 19.1 Å². The molecule has 1 amide bonds. The van der Waals surface area contributed by atoms with Gasteiger partial charge in [0.25, 0.3) is 5.91 Å². The van der Waals surface area contributed by atoms with Crippen molar-refractivity contribution in [3.8, 4) is 0 Å². The van der Waals surface area contributed by atoms with Crippen molar-refractivity contribution in [3.05, 3.63) is 12.2 Å². The Labute approximate surface area is 101 Å². The van der Waals surface area contributed by atoms with Crippen LogP contribution in [0.25, 0.3) is 0 Å². The molecule has 0 aliphatic rings. The van der Waals surface area contributed by atoms with Gasteiger partial charge in [0.2, 0.25) is 6.29 Å². The fourth-order valence-corrected chi connectivity index (χ4v) is 1.39. The number of likely N-dealkylation sites (N-methyl/N-ethyl adjacent to an activating group) is 1. The average Bonchev–Trinajstić information content (AvgIpc) is 2.25. The van der Waals surface area contributed by atoms with Crippen molar-refractivity contribution in [3.63, 3.8) is 0 Å². The molecule has 0 atom stereocenters. The first-order valence-corrected chi connectivity index (χ1v) is 5.35. The molecule has 0 rings (SSSR count). The first-order valence-electron chi connectivity index (χ1n) is 5.35. The second-order valence-corrected chi connectivity index (χ2v) is 4.37. The SMILES string of the molecule is C=C(C)C(=O)OCC(C)(C)N(CC)C(=O)C=O. The van der Waals surface area contributed by atoms with Gasteiger partial charge >= 0.3 is 5.97 Å². The monoisotopic (exact) mass is 241 g/mol. The summed E-state index contributed by atoms with van der Waals surface area (Å²) in [7, 11) is 0. The lowest BCUT2D eigenvalue weighted by Crippen LogP contribution is -2.51. The number of ether oxygens (including phenoxy) is 1. The highest BCUT2D eigenvalue weighted by Crippen LogP contribution is 2.15. The molecule has 0 aromatic heterocycles. The van der Waals surface area contributed by atoms with Gasteiger partial charge in [-0.1, -0.05) is 6.58 Å². The van der Waals surface area contributed by atoms with Crippen molar-refractivity contribution < 1.29 is 19.1 Å². The largest absolute Gasteiger partial charge is 0.460 e. The summed E-state index contributed by atoms with van der Waals surface area (Å²) in [6.07, 6.45) is 0.256. The summed E-state index contributed by atoms with van der Waals surface area (Å²) in [5.74, 6) is -1.13. The van der Waals surface area contributed by atoms with E-state index < -0.39 is 17.4 Å². The van der Waals surface area contributed by atoms with Gasteiger partial charge in [0.1, 0.15) is 6.61 Å². The smallest absolute Gasteiger partial charge is 0.333 e. The summed E-state index contributed by atoms with van der Waals surface area (Å²) in [6.45, 7) is 10.6. The van der Waals surface area contributed by atoms with Crippen LogP contribution >= 0.6 is 0 Å². The van der Waals surface area contributed by atoms with Gasteiger partial charge < -0.3 is 9.64 Å². The van der Waals surface area contributed by atoms with Crippen LogP contribution in [0.3, 0.4) is 0 Å². The number of carbonyl (C=O) groups excluding carboxylic acids is 3. The minimum atomic E-state index is -0.724. The highest BCUT2D eigenvalue weighted by atomic mass is 16.5. The van der Waals surface area contributed by atoms with Crippen LogP contribution in [0.2, 0.25) is 0 Å². The Morgan fingerprint density at radius 2 is 1.94 bits per heavy atom. The van der Waals surface area contributed by atoms with Crippen molar-refractivity contribution in [2.45, 2.75) is 33.2 Å². The molecule has 0 aliphatic heterocycles. The van der Waals surface area contributed by atoms with Gasteiger partial charge in [-0.05, 0) is 27.7 Å². The molecule has 96 valence electrons. The zero-order chi connectivity index (χ0) is 13.6. The standard InChI is InChI=1S/C12H19NO4/c1-6-13(10(15)7-14)12(4,5)8-17-11(16)9(2)3/h7H,2,6,8H2,1,3-5H3. The van der Waals surface area contributed by atoms with Crippen molar-refractivity contribution in [1.29, 1.82) is 0 Å². The number of nitrogens with zero attached hydrogens (tertiary/aromatic N) is 1. The lowest BCUT2D eigenvalue weighted by molar-refractivity contribution is -0.150. The van der Waals surface area contributed by atoms with Crippen LogP contribution in [0.1, 0.15) is 27.7 Å². The number of carbonyl (C=O) groups is 3. The Morgan fingerprint density at radius 1 is 1.41 bits per heavy atom. The van der Waals surface area contributed by atoms with Gasteiger partial charge in [-0.25, -0.2) is 4.79 Å². The zero-order valence-electron chi connectivity index (χ0n) is 10.8. The van der Waals surface area contributed by atoms with Crippen LogP contribution < -0.4 is 0 Å². The minimum absolute atomic E-state index is 0.0200. The summed E-state index contributed by atoms with van der Waals surface area (Å²) in [6, 6.07) is 0. The number of hydrogen-bond donors (Lipinski definition) is 0. The molecular formula is C12H19NO4. The topological polar surface area (TPSA) is 63.7 Å². The molecule has 5 nitrogen and oxygen atoms in total. The van der Waals surface area contributed by atoms with Crippen LogP contribution in [0.5, 0.6) is 0 Å². The normalized spacial score (nSPS) is 10.6. The Balaban J connectivity index is 4.64. The number of hydrogen-bond acceptors (Lipinski definition) is 4. The van der Waals surface area contributed by atoms with E-state index in [1.165, 1.54) is 4.90 Å². The van der Waals surface area contributed by atoms with Gasteiger partial charge in [0, 0.05) is 12.1 Å². The Kier molecular flexibility index (Phi) is 5.58. The predicted octanol–water partition coefficient (Wildman–Crippen LogP) is 0.932. The van der Waals surface area contributed by atoms with E-state index in [0.717, 1.165) is 0 Å². The summed E-state index contributed by atoms with van der Waals surface area (Å²) in [4.78, 5) is 34.5. The summed E-state index contributed by atoms with van der Waals surface area (Å²) in [5, 5.41) is 0. The number of rotatable bonds is 6. The molecule has 17 heavy (non-hydrogen) atoms. The molecule has 0 saturated heterocycles. The molecule has 0 aromatic carbocycles. The highest BCUT2D eigenvalue weighted by molar-refractivity contribution is 6.23. The van der Waals surface area contributed by atoms with Gasteiger partial charge in [0.15, 0.2) is 0 Å². The maximum atomic E-state index is 11.4. The van der Waals surface area contributed by atoms with Gasteiger partial charge in [-0.3, -0.25) is 9.59 Å². The van der Waals surface area contributed by atoms with E-state index in [2.05, 4.69) is 6.58 Å². The summed E-state index contributed by atoms with van der Waals surface area (Å²) < 4.78 is 5.00. The van der Waals surface area contributed by atoms with Crippen LogP contribution in [0, 0.1) is 0 Å². The predicted molar refractivity (Wildman–Crippen MR) is 63.3 cm³/mol.